The zero-order valence-corrected chi connectivity index (χ0v) is 11.9. The number of hydrogen-bond donors (Lipinski definition) is 1. The Kier molecular flexibility index (Phi) is 3.65. The van der Waals surface area contributed by atoms with Crippen LogP contribution in [0.3, 0.4) is 0 Å². The molecular weight excluding hydrogens is 272 g/mol. The van der Waals surface area contributed by atoms with Gasteiger partial charge in [-0.2, -0.15) is 0 Å². The van der Waals surface area contributed by atoms with Crippen molar-refractivity contribution in [1.82, 2.24) is 9.55 Å². The lowest BCUT2D eigenvalue weighted by Gasteiger charge is -2.14. The van der Waals surface area contributed by atoms with Gasteiger partial charge in [0.25, 0.3) is 5.56 Å². The molecule has 1 N–H and O–H groups in total. The fraction of sp³-hybridized carbons (Fsp3) is 0.467. The number of nitrogens with zero attached hydrogens (tertiary/aromatic N) is 1. The molecular formula is C15H18N2O4. The highest BCUT2D eigenvalue weighted by atomic mass is 16.7. The average Bonchev–Trinajstić information content (AvgIpc) is 3.01. The summed E-state index contributed by atoms with van der Waals surface area (Å²) < 4.78 is 12.7. The van der Waals surface area contributed by atoms with Crippen LogP contribution < -0.4 is 11.2 Å². The maximum absolute atomic E-state index is 12.0. The first-order valence-electron chi connectivity index (χ1n) is 6.98. The van der Waals surface area contributed by atoms with Gasteiger partial charge in [0.2, 0.25) is 0 Å². The molecule has 1 saturated heterocycles. The standard InChI is InChI=1S/C15H18N2O4/c1-3-4-20-14-12-6-11(5-10(12)8-21-14)17-7-9(2)13(18)16-15(17)19/h3,6-7,10-11,14H,1,4-5,8H2,2H3,(H,16,18,19). The molecule has 6 nitrogen and oxygen atoms in total. The minimum atomic E-state index is -0.378. The lowest BCUT2D eigenvalue weighted by Crippen LogP contribution is -2.32. The van der Waals surface area contributed by atoms with Crippen LogP contribution in [-0.4, -0.2) is 29.1 Å². The third kappa shape index (κ3) is 2.52. The summed E-state index contributed by atoms with van der Waals surface area (Å²) >= 11 is 0. The van der Waals surface area contributed by atoms with E-state index in [1.807, 2.05) is 6.08 Å². The van der Waals surface area contributed by atoms with Crippen molar-refractivity contribution in [2.75, 3.05) is 13.2 Å². The van der Waals surface area contributed by atoms with Crippen molar-refractivity contribution < 1.29 is 9.47 Å². The number of H-pyrrole nitrogens is 1. The van der Waals surface area contributed by atoms with Crippen molar-refractivity contribution in [3.8, 4) is 0 Å². The van der Waals surface area contributed by atoms with Crippen LogP contribution in [0.2, 0.25) is 0 Å². The van der Waals surface area contributed by atoms with Gasteiger partial charge in [-0.3, -0.25) is 14.3 Å². The van der Waals surface area contributed by atoms with Crippen molar-refractivity contribution in [2.45, 2.75) is 25.7 Å². The molecule has 0 bridgehead atoms. The molecule has 0 amide bonds. The molecule has 1 aliphatic heterocycles. The van der Waals surface area contributed by atoms with E-state index in [9.17, 15) is 9.59 Å². The van der Waals surface area contributed by atoms with Gasteiger partial charge in [-0.25, -0.2) is 4.79 Å². The molecule has 0 aromatic carbocycles. The quantitative estimate of drug-likeness (QED) is 0.836. The number of fused-ring (bicyclic) bond motifs is 1. The van der Waals surface area contributed by atoms with Crippen LogP contribution in [0, 0.1) is 12.8 Å². The van der Waals surface area contributed by atoms with Crippen molar-refractivity contribution in [3.05, 3.63) is 56.9 Å². The minimum absolute atomic E-state index is 0.0632. The van der Waals surface area contributed by atoms with Gasteiger partial charge in [0.05, 0.1) is 19.3 Å². The van der Waals surface area contributed by atoms with E-state index in [0.717, 1.165) is 12.0 Å². The van der Waals surface area contributed by atoms with Gasteiger partial charge in [-0.05, 0) is 18.9 Å². The van der Waals surface area contributed by atoms with E-state index in [4.69, 9.17) is 9.47 Å². The molecule has 2 heterocycles. The first kappa shape index (κ1) is 14.0. The first-order chi connectivity index (χ1) is 10.1. The van der Waals surface area contributed by atoms with Crippen LogP contribution in [0.5, 0.6) is 0 Å². The fourth-order valence-electron chi connectivity index (χ4n) is 2.92. The lowest BCUT2D eigenvalue weighted by atomic mass is 10.0. The van der Waals surface area contributed by atoms with E-state index >= 15 is 0 Å². The summed E-state index contributed by atoms with van der Waals surface area (Å²) in [6, 6.07) is -0.0632. The summed E-state index contributed by atoms with van der Waals surface area (Å²) in [5, 5.41) is 0. The SMILES string of the molecule is C=CCOC1OCC2CC(n3cc(C)c(=O)[nH]c3=O)C=C21. The molecule has 1 aromatic rings. The average molecular weight is 290 g/mol. The highest BCUT2D eigenvalue weighted by molar-refractivity contribution is 5.23. The molecule has 3 rings (SSSR count). The number of hydrogen-bond acceptors (Lipinski definition) is 4. The lowest BCUT2D eigenvalue weighted by molar-refractivity contribution is -0.0847. The van der Waals surface area contributed by atoms with Crippen molar-refractivity contribution in [1.29, 1.82) is 0 Å². The van der Waals surface area contributed by atoms with E-state index in [1.54, 1.807) is 23.8 Å². The van der Waals surface area contributed by atoms with Gasteiger partial charge in [0.15, 0.2) is 6.29 Å². The highest BCUT2D eigenvalue weighted by Gasteiger charge is 2.38. The Morgan fingerprint density at radius 1 is 1.57 bits per heavy atom. The number of aromatic nitrogens is 2. The van der Waals surface area contributed by atoms with Crippen LogP contribution in [0.15, 0.2) is 40.1 Å². The second kappa shape index (κ2) is 5.46. The molecule has 112 valence electrons. The Balaban J connectivity index is 1.88. The molecule has 0 radical (unpaired) electrons. The Bertz CT molecular complexity index is 700. The Morgan fingerprint density at radius 2 is 2.38 bits per heavy atom. The third-order valence-electron chi connectivity index (χ3n) is 3.97. The summed E-state index contributed by atoms with van der Waals surface area (Å²) in [6.45, 7) is 6.34. The van der Waals surface area contributed by atoms with Gasteiger partial charge in [-0.15, -0.1) is 6.58 Å². The molecule has 0 saturated carbocycles. The topological polar surface area (TPSA) is 73.3 Å². The number of aromatic amines is 1. The summed E-state index contributed by atoms with van der Waals surface area (Å²) in [5.41, 5.74) is 0.896. The van der Waals surface area contributed by atoms with Crippen LogP contribution in [0.25, 0.3) is 0 Å². The summed E-state index contributed by atoms with van der Waals surface area (Å²) in [7, 11) is 0. The van der Waals surface area contributed by atoms with Crippen LogP contribution in [0.1, 0.15) is 18.0 Å². The predicted molar refractivity (Wildman–Crippen MR) is 77.2 cm³/mol. The third-order valence-corrected chi connectivity index (χ3v) is 3.97. The molecule has 3 atom stereocenters. The van der Waals surface area contributed by atoms with E-state index in [-0.39, 0.29) is 29.5 Å². The normalized spacial score (nSPS) is 27.5. The van der Waals surface area contributed by atoms with Gasteiger partial charge in [-0.1, -0.05) is 12.2 Å². The highest BCUT2D eigenvalue weighted by Crippen LogP contribution is 2.40. The Labute approximate surface area is 121 Å². The van der Waals surface area contributed by atoms with E-state index < -0.39 is 0 Å². The molecule has 1 aromatic heterocycles. The molecule has 21 heavy (non-hydrogen) atoms. The van der Waals surface area contributed by atoms with Crippen LogP contribution >= 0.6 is 0 Å². The second-order valence-corrected chi connectivity index (χ2v) is 5.43. The number of ether oxygens (including phenoxy) is 2. The first-order valence-corrected chi connectivity index (χ1v) is 6.98. The molecule has 2 aliphatic rings. The van der Waals surface area contributed by atoms with Gasteiger partial charge in [0.1, 0.15) is 0 Å². The van der Waals surface area contributed by atoms with Crippen molar-refractivity contribution in [3.63, 3.8) is 0 Å². The summed E-state index contributed by atoms with van der Waals surface area (Å²) in [5.74, 6) is 0.268. The van der Waals surface area contributed by atoms with Gasteiger partial charge >= 0.3 is 5.69 Å². The molecule has 3 unspecified atom stereocenters. The van der Waals surface area contributed by atoms with Crippen molar-refractivity contribution >= 4 is 0 Å². The monoisotopic (exact) mass is 290 g/mol. The summed E-state index contributed by atoms with van der Waals surface area (Å²) in [6.07, 6.45) is 5.75. The van der Waals surface area contributed by atoms with E-state index in [1.165, 1.54) is 0 Å². The minimum Gasteiger partial charge on any atom is -0.348 e. The summed E-state index contributed by atoms with van der Waals surface area (Å²) in [4.78, 5) is 25.7. The number of allylic oxidation sites excluding steroid dienone is 1. The van der Waals surface area contributed by atoms with Crippen LogP contribution in [0.4, 0.5) is 0 Å². The zero-order valence-electron chi connectivity index (χ0n) is 11.9. The largest absolute Gasteiger partial charge is 0.348 e. The molecule has 1 aliphatic carbocycles. The fourth-order valence-corrected chi connectivity index (χ4v) is 2.92. The maximum Gasteiger partial charge on any atom is 0.328 e. The molecule has 0 spiro atoms. The Morgan fingerprint density at radius 3 is 3.14 bits per heavy atom. The predicted octanol–water partition coefficient (Wildman–Crippen LogP) is 0.891. The molecule has 6 heteroatoms. The second-order valence-electron chi connectivity index (χ2n) is 5.43. The van der Waals surface area contributed by atoms with E-state index in [2.05, 4.69) is 11.6 Å². The van der Waals surface area contributed by atoms with Crippen molar-refractivity contribution in [2.24, 2.45) is 5.92 Å². The van der Waals surface area contributed by atoms with E-state index in [0.29, 0.717) is 18.8 Å². The van der Waals surface area contributed by atoms with Crippen LogP contribution in [-0.2, 0) is 9.47 Å². The number of rotatable bonds is 4. The zero-order chi connectivity index (χ0) is 15.0. The van der Waals surface area contributed by atoms with Gasteiger partial charge in [0, 0.05) is 17.7 Å². The smallest absolute Gasteiger partial charge is 0.328 e. The number of nitrogens with one attached hydrogen (secondary N) is 1. The number of aryl methyl sites for hydroxylation is 1. The maximum atomic E-state index is 12.0. The Hall–Kier alpha value is -1.92. The molecule has 1 fully saturated rings. The van der Waals surface area contributed by atoms with Gasteiger partial charge < -0.3 is 9.47 Å².